The lowest BCUT2D eigenvalue weighted by Crippen LogP contribution is -2.55. The van der Waals surface area contributed by atoms with Crippen LogP contribution in [0, 0.1) is 23.7 Å². The smallest absolute Gasteiger partial charge is 0.0178 e. The zero-order valence-electron chi connectivity index (χ0n) is 24.4. The van der Waals surface area contributed by atoms with E-state index >= 15 is 0 Å². The molecule has 2 heteroatoms. The van der Waals surface area contributed by atoms with E-state index in [0.29, 0.717) is 0 Å². The van der Waals surface area contributed by atoms with Gasteiger partial charge in [0.1, 0.15) is 0 Å². The van der Waals surface area contributed by atoms with Gasteiger partial charge in [0.2, 0.25) is 0 Å². The molecule has 0 amide bonds. The van der Waals surface area contributed by atoms with Crippen LogP contribution in [0.3, 0.4) is 0 Å². The Labute approximate surface area is 250 Å². The van der Waals surface area contributed by atoms with Gasteiger partial charge in [-0.05, 0) is 109 Å². The Bertz CT molecular complexity index is 985. The molecule has 0 saturated heterocycles. The molecule has 3 aliphatic rings. The molecule has 0 radical (unpaired) electrons. The predicted molar refractivity (Wildman–Crippen MR) is 172 cm³/mol. The summed E-state index contributed by atoms with van der Waals surface area (Å²) in [6.45, 7) is 9.61. The molecule has 2 saturated carbocycles. The summed E-state index contributed by atoms with van der Waals surface area (Å²) in [6, 6.07) is 14.8. The highest BCUT2D eigenvalue weighted by molar-refractivity contribution is 9.10. The molecule has 4 atom stereocenters. The molecule has 0 bridgehead atoms. The van der Waals surface area contributed by atoms with E-state index in [1.54, 1.807) is 22.3 Å². The number of benzene rings is 2. The van der Waals surface area contributed by atoms with Crippen molar-refractivity contribution in [2.45, 2.75) is 128 Å². The Morgan fingerprint density at radius 1 is 0.553 bits per heavy atom. The summed E-state index contributed by atoms with van der Waals surface area (Å²) in [7, 11) is 0. The average Bonchev–Trinajstić information content (AvgIpc) is 3.38. The lowest BCUT2D eigenvalue weighted by atomic mass is 9.46. The topological polar surface area (TPSA) is 0 Å². The fourth-order valence-electron chi connectivity index (χ4n) is 10.1. The molecular weight excluding hydrogens is 592 g/mol. The van der Waals surface area contributed by atoms with Crippen molar-refractivity contribution in [1.29, 1.82) is 0 Å². The average molecular weight is 643 g/mol. The van der Waals surface area contributed by atoms with Crippen molar-refractivity contribution >= 4 is 31.9 Å². The molecule has 0 aliphatic heterocycles. The zero-order valence-corrected chi connectivity index (χ0v) is 27.6. The molecular formula is C36H50Br2. The van der Waals surface area contributed by atoms with Crippen LogP contribution in [0.1, 0.15) is 129 Å². The Hall–Kier alpha value is -0.600. The maximum Gasteiger partial charge on any atom is 0.0178 e. The molecule has 4 unspecified atom stereocenters. The molecule has 0 aromatic heterocycles. The third-order valence-electron chi connectivity index (χ3n) is 11.2. The first-order valence-corrected chi connectivity index (χ1v) is 17.7. The maximum absolute atomic E-state index is 3.98. The molecule has 0 N–H and O–H groups in total. The maximum atomic E-state index is 3.98. The monoisotopic (exact) mass is 640 g/mol. The van der Waals surface area contributed by atoms with E-state index < -0.39 is 0 Å². The molecule has 0 heterocycles. The zero-order chi connectivity index (χ0) is 26.9. The van der Waals surface area contributed by atoms with Crippen LogP contribution in [0.4, 0.5) is 0 Å². The summed E-state index contributed by atoms with van der Waals surface area (Å²) in [6.07, 6.45) is 19.2. The van der Waals surface area contributed by atoms with E-state index in [4.69, 9.17) is 0 Å². The van der Waals surface area contributed by atoms with Gasteiger partial charge in [-0.2, -0.15) is 0 Å². The number of hydrogen-bond acceptors (Lipinski definition) is 0. The minimum Gasteiger partial charge on any atom is -0.0654 e. The summed E-state index contributed by atoms with van der Waals surface area (Å²) in [5, 5.41) is 0. The van der Waals surface area contributed by atoms with Gasteiger partial charge in [0.25, 0.3) is 0 Å². The lowest BCUT2D eigenvalue weighted by molar-refractivity contribution is 0.113. The normalized spacial score (nSPS) is 31.1. The fraction of sp³-hybridized carbons (Fsp3) is 0.667. The van der Waals surface area contributed by atoms with Gasteiger partial charge in [-0.1, -0.05) is 123 Å². The van der Waals surface area contributed by atoms with Gasteiger partial charge in [-0.25, -0.2) is 0 Å². The second-order valence-corrected chi connectivity index (χ2v) is 14.8. The molecule has 0 spiro atoms. The Balaban J connectivity index is 1.88. The number of hydrogen-bond donors (Lipinski definition) is 0. The van der Waals surface area contributed by atoms with Crippen LogP contribution >= 0.6 is 31.9 Å². The van der Waals surface area contributed by atoms with E-state index in [9.17, 15) is 0 Å². The molecule has 5 rings (SSSR count). The first kappa shape index (κ1) is 28.9. The third-order valence-corrected chi connectivity index (χ3v) is 12.2. The first-order chi connectivity index (χ1) is 18.5. The number of fused-ring (bicyclic) bond motifs is 3. The SMILES string of the molecule is CCCCC1CC(CCCC)C23c4cc(Br)ccc4-c4ccc(Br)cc4C12C(CCCC)CC3CCCC. The van der Waals surface area contributed by atoms with Crippen molar-refractivity contribution in [3.63, 3.8) is 0 Å². The molecule has 2 aromatic carbocycles. The lowest BCUT2D eigenvalue weighted by Gasteiger charge is -2.56. The third kappa shape index (κ3) is 4.33. The Morgan fingerprint density at radius 2 is 0.868 bits per heavy atom. The molecule has 208 valence electrons. The largest absolute Gasteiger partial charge is 0.0654 e. The first-order valence-electron chi connectivity index (χ1n) is 16.1. The Kier molecular flexibility index (Phi) is 9.21. The summed E-state index contributed by atoms with van der Waals surface area (Å²) in [5.41, 5.74) is 7.06. The molecule has 2 fully saturated rings. The molecule has 38 heavy (non-hydrogen) atoms. The standard InChI is InChI=1S/C36H50Br2/c1-5-9-13-25-21-26(14-10-6-2)36-28(16-12-8-4)22-27(15-11-7-3)35(25,36)33-23-29(37)17-19-31(33)32-20-18-30(38)24-34(32)36/h17-20,23-28H,5-16,21-22H2,1-4H3. The van der Waals surface area contributed by atoms with Crippen LogP contribution in [-0.4, -0.2) is 0 Å². The van der Waals surface area contributed by atoms with Crippen molar-refractivity contribution < 1.29 is 0 Å². The van der Waals surface area contributed by atoms with Gasteiger partial charge in [-0.15, -0.1) is 0 Å². The van der Waals surface area contributed by atoms with Gasteiger partial charge in [0, 0.05) is 19.8 Å². The Morgan fingerprint density at radius 3 is 1.16 bits per heavy atom. The highest BCUT2D eigenvalue weighted by Crippen LogP contribution is 2.78. The summed E-state index contributed by atoms with van der Waals surface area (Å²) in [4.78, 5) is 0. The van der Waals surface area contributed by atoms with E-state index in [-0.39, 0.29) is 10.8 Å². The number of halogens is 2. The van der Waals surface area contributed by atoms with E-state index in [1.165, 1.54) is 98.8 Å². The molecule has 0 nitrogen and oxygen atoms in total. The van der Waals surface area contributed by atoms with Gasteiger partial charge in [0.15, 0.2) is 0 Å². The highest BCUT2D eigenvalue weighted by Gasteiger charge is 2.75. The van der Waals surface area contributed by atoms with Crippen LogP contribution < -0.4 is 0 Å². The summed E-state index contributed by atoms with van der Waals surface area (Å²) in [5.74, 6) is 3.16. The van der Waals surface area contributed by atoms with Crippen molar-refractivity contribution in [2.24, 2.45) is 23.7 Å². The van der Waals surface area contributed by atoms with E-state index in [0.717, 1.165) is 23.7 Å². The number of rotatable bonds is 12. The van der Waals surface area contributed by atoms with Crippen molar-refractivity contribution in [1.82, 2.24) is 0 Å². The minimum atomic E-state index is 0.265. The highest BCUT2D eigenvalue weighted by atomic mass is 79.9. The second kappa shape index (κ2) is 12.1. The quantitative estimate of drug-likeness (QED) is 0.216. The number of unbranched alkanes of at least 4 members (excludes halogenated alkanes) is 4. The van der Waals surface area contributed by atoms with Gasteiger partial charge in [-0.3, -0.25) is 0 Å². The summed E-state index contributed by atoms with van der Waals surface area (Å²) < 4.78 is 2.55. The van der Waals surface area contributed by atoms with Crippen molar-refractivity contribution in [3.05, 3.63) is 56.5 Å². The van der Waals surface area contributed by atoms with Crippen molar-refractivity contribution in [2.75, 3.05) is 0 Å². The van der Waals surface area contributed by atoms with Gasteiger partial charge in [0.05, 0.1) is 0 Å². The van der Waals surface area contributed by atoms with E-state index in [1.807, 2.05) is 0 Å². The molecule has 2 aromatic rings. The van der Waals surface area contributed by atoms with Crippen molar-refractivity contribution in [3.8, 4) is 11.1 Å². The van der Waals surface area contributed by atoms with Crippen LogP contribution in [0.5, 0.6) is 0 Å². The van der Waals surface area contributed by atoms with Crippen LogP contribution in [-0.2, 0) is 10.8 Å². The van der Waals surface area contributed by atoms with E-state index in [2.05, 4.69) is 96.0 Å². The fourth-order valence-corrected chi connectivity index (χ4v) is 10.9. The predicted octanol–water partition coefficient (Wildman–Crippen LogP) is 12.4. The van der Waals surface area contributed by atoms with Crippen LogP contribution in [0.15, 0.2) is 45.3 Å². The second-order valence-electron chi connectivity index (χ2n) is 12.9. The van der Waals surface area contributed by atoms with Gasteiger partial charge < -0.3 is 0 Å². The van der Waals surface area contributed by atoms with Gasteiger partial charge >= 0.3 is 0 Å². The van der Waals surface area contributed by atoms with Crippen LogP contribution in [0.2, 0.25) is 0 Å². The summed E-state index contributed by atoms with van der Waals surface area (Å²) >= 11 is 7.96. The van der Waals surface area contributed by atoms with Crippen LogP contribution in [0.25, 0.3) is 11.1 Å². The minimum absolute atomic E-state index is 0.265. The molecule has 3 aliphatic carbocycles.